The standard InChI is InChI=1S/C21H18NO4.C20H14NO4.2ClH/c1-22-10-16-13(6-7-17(23-2)21(16)24-3)14-5-4-12-8-18-19(26-11-25-18)9-15(12)20(14)22;1-21-8-15-12(4-5-16-20(15)25-10-22-16)13-3-2-11-6-17-18(24-9-23-17)7-14(11)19(13)21;;/h4-10H,11H2,1-3H3;2-8H,9-10H2,1H3;2*1H/q2*+1;;/p-2. The molecule has 10 nitrogen and oxygen atoms in total. The lowest BCUT2D eigenvalue weighted by Crippen LogP contribution is -3.00. The van der Waals surface area contributed by atoms with Crippen LogP contribution in [0.1, 0.15) is 0 Å². The van der Waals surface area contributed by atoms with Gasteiger partial charge in [0.05, 0.1) is 46.5 Å². The first-order valence-corrected chi connectivity index (χ1v) is 16.6. The fourth-order valence-electron chi connectivity index (χ4n) is 7.78. The van der Waals surface area contributed by atoms with Gasteiger partial charge < -0.3 is 62.7 Å². The number of nitrogens with zero attached hydrogens (tertiary/aromatic N) is 2. The van der Waals surface area contributed by atoms with Crippen molar-refractivity contribution in [1.82, 2.24) is 0 Å². The average molecular weight is 752 g/mol. The number of hydrogen-bond donors (Lipinski definition) is 0. The Kier molecular flexibility index (Phi) is 8.39. The fraction of sp³-hybridized carbons (Fsp3) is 0.171. The Labute approximate surface area is 315 Å². The van der Waals surface area contributed by atoms with Gasteiger partial charge in [0.25, 0.3) is 0 Å². The van der Waals surface area contributed by atoms with Crippen molar-refractivity contribution >= 4 is 64.9 Å². The third kappa shape index (κ3) is 5.15. The fourth-order valence-corrected chi connectivity index (χ4v) is 7.78. The predicted molar refractivity (Wildman–Crippen MR) is 192 cm³/mol. The lowest BCUT2D eigenvalue weighted by Gasteiger charge is -2.12. The van der Waals surface area contributed by atoms with E-state index in [1.165, 1.54) is 5.39 Å². The van der Waals surface area contributed by atoms with Gasteiger partial charge in [-0.2, -0.15) is 9.13 Å². The van der Waals surface area contributed by atoms with Crippen LogP contribution in [-0.2, 0) is 14.1 Å². The van der Waals surface area contributed by atoms with Crippen LogP contribution < -0.4 is 71.8 Å². The molecule has 0 bridgehead atoms. The molecule has 12 heteroatoms. The summed E-state index contributed by atoms with van der Waals surface area (Å²) in [5.41, 5.74) is 2.29. The molecule has 0 amide bonds. The van der Waals surface area contributed by atoms with E-state index in [0.29, 0.717) is 0 Å². The maximum absolute atomic E-state index is 5.69. The Morgan fingerprint density at radius 3 is 1.49 bits per heavy atom. The number of pyridine rings is 2. The second kappa shape index (κ2) is 13.0. The number of fused-ring (bicyclic) bond motifs is 14. The topological polar surface area (TPSA) is 81.6 Å². The number of methoxy groups -OCH3 is 2. The molecule has 53 heavy (non-hydrogen) atoms. The van der Waals surface area contributed by atoms with Crippen LogP contribution in [0.15, 0.2) is 85.2 Å². The van der Waals surface area contributed by atoms with Crippen molar-refractivity contribution in [3.8, 4) is 46.0 Å². The van der Waals surface area contributed by atoms with Gasteiger partial charge in [0.15, 0.2) is 58.4 Å². The van der Waals surface area contributed by atoms with E-state index in [-0.39, 0.29) is 45.2 Å². The molecule has 0 N–H and O–H groups in total. The van der Waals surface area contributed by atoms with Gasteiger partial charge in [-0.25, -0.2) is 0 Å². The quantitative estimate of drug-likeness (QED) is 0.193. The van der Waals surface area contributed by atoms with E-state index < -0.39 is 0 Å². The van der Waals surface area contributed by atoms with Crippen molar-refractivity contribution < 1.29 is 71.8 Å². The van der Waals surface area contributed by atoms with Crippen LogP contribution in [0, 0.1) is 0 Å². The Hall–Kier alpha value is -5.84. The highest BCUT2D eigenvalue weighted by molar-refractivity contribution is 6.16. The molecular formula is C41H32Cl2N2O8. The minimum Gasteiger partial charge on any atom is -1.00 e. The number of rotatable bonds is 2. The minimum absolute atomic E-state index is 0. The van der Waals surface area contributed by atoms with E-state index in [0.717, 1.165) is 106 Å². The molecule has 0 spiro atoms. The summed E-state index contributed by atoms with van der Waals surface area (Å²) < 4.78 is 48.7. The monoisotopic (exact) mass is 750 g/mol. The summed E-state index contributed by atoms with van der Waals surface area (Å²) in [5.74, 6) is 6.28. The summed E-state index contributed by atoms with van der Waals surface area (Å²) in [6.45, 7) is 0.829. The van der Waals surface area contributed by atoms with Gasteiger partial charge in [-0.3, -0.25) is 0 Å². The van der Waals surface area contributed by atoms with Crippen LogP contribution in [0.5, 0.6) is 46.0 Å². The first-order chi connectivity index (χ1) is 25.0. The first kappa shape index (κ1) is 34.3. The van der Waals surface area contributed by atoms with Gasteiger partial charge in [0, 0.05) is 10.8 Å². The largest absolute Gasteiger partial charge is 1.00 e. The summed E-state index contributed by atoms with van der Waals surface area (Å²) in [4.78, 5) is 0. The van der Waals surface area contributed by atoms with Crippen molar-refractivity contribution in [2.75, 3.05) is 34.6 Å². The number of ether oxygens (including phenoxy) is 8. The average Bonchev–Trinajstić information content (AvgIpc) is 3.93. The van der Waals surface area contributed by atoms with E-state index in [1.807, 2.05) is 31.3 Å². The Morgan fingerprint density at radius 1 is 0.453 bits per heavy atom. The molecule has 0 aliphatic carbocycles. The second-order valence-electron chi connectivity index (χ2n) is 12.8. The second-order valence-corrected chi connectivity index (χ2v) is 12.8. The molecule has 3 aliphatic heterocycles. The van der Waals surface area contributed by atoms with Crippen LogP contribution >= 0.6 is 0 Å². The van der Waals surface area contributed by atoms with Gasteiger partial charge in [0.2, 0.25) is 31.4 Å². The highest BCUT2D eigenvalue weighted by Crippen LogP contribution is 2.44. The summed E-state index contributed by atoms with van der Waals surface area (Å²) in [6.07, 6.45) is 4.19. The van der Waals surface area contributed by atoms with Crippen LogP contribution in [-0.4, -0.2) is 34.6 Å². The van der Waals surface area contributed by atoms with Crippen molar-refractivity contribution in [1.29, 1.82) is 0 Å². The van der Waals surface area contributed by atoms with Gasteiger partial charge in [0.1, 0.15) is 14.1 Å². The van der Waals surface area contributed by atoms with Gasteiger partial charge in [-0.1, -0.05) is 12.1 Å². The molecule has 0 fully saturated rings. The SMILES string of the molecule is COc1ccc2c(c[n+](C)c3c4cc5c(cc4ccc23)OCO5)c1OC.C[n+]1cc2c3c(ccc2c2ccc4cc5c(cc4c21)OCO5)OCO3.[Cl-].[Cl-]. The first-order valence-electron chi connectivity index (χ1n) is 16.6. The molecule has 0 saturated carbocycles. The van der Waals surface area contributed by atoms with Crippen LogP contribution in [0.25, 0.3) is 64.9 Å². The molecule has 8 aromatic rings. The van der Waals surface area contributed by atoms with E-state index in [9.17, 15) is 0 Å². The predicted octanol–water partition coefficient (Wildman–Crippen LogP) is 1.15. The molecule has 5 heterocycles. The van der Waals surface area contributed by atoms with Gasteiger partial charge in [-0.05, 0) is 71.4 Å². The third-order valence-corrected chi connectivity index (χ3v) is 10.1. The van der Waals surface area contributed by atoms with Crippen LogP contribution in [0.2, 0.25) is 0 Å². The summed E-state index contributed by atoms with van der Waals surface area (Å²) in [5, 5.41) is 11.2. The van der Waals surface area contributed by atoms with Crippen LogP contribution in [0.4, 0.5) is 0 Å². The molecular weight excluding hydrogens is 719 g/mol. The molecule has 0 saturated heterocycles. The number of aromatic nitrogens is 2. The normalized spacial score (nSPS) is 13.3. The van der Waals surface area contributed by atoms with Crippen molar-refractivity contribution in [2.24, 2.45) is 14.1 Å². The zero-order valence-electron chi connectivity index (χ0n) is 29.1. The number of hydrogen-bond acceptors (Lipinski definition) is 8. The molecule has 11 rings (SSSR count). The molecule has 268 valence electrons. The van der Waals surface area contributed by atoms with E-state index in [4.69, 9.17) is 37.9 Å². The lowest BCUT2D eigenvalue weighted by atomic mass is 10.00. The van der Waals surface area contributed by atoms with Gasteiger partial charge >= 0.3 is 0 Å². The molecule has 2 aromatic heterocycles. The Bertz CT molecular complexity index is 2810. The van der Waals surface area contributed by atoms with Crippen LogP contribution in [0.3, 0.4) is 0 Å². The van der Waals surface area contributed by atoms with Crippen molar-refractivity contribution in [3.63, 3.8) is 0 Å². The number of benzene rings is 6. The third-order valence-electron chi connectivity index (χ3n) is 10.1. The smallest absolute Gasteiger partial charge is 0.231 e. The van der Waals surface area contributed by atoms with E-state index >= 15 is 0 Å². The van der Waals surface area contributed by atoms with Gasteiger partial charge in [-0.15, -0.1) is 0 Å². The lowest BCUT2D eigenvalue weighted by molar-refractivity contribution is -0.642. The summed E-state index contributed by atoms with van der Waals surface area (Å²) in [6, 6.07) is 24.9. The number of aryl methyl sites for hydroxylation is 2. The maximum atomic E-state index is 5.69. The molecule has 0 radical (unpaired) electrons. The Morgan fingerprint density at radius 2 is 0.925 bits per heavy atom. The van der Waals surface area contributed by atoms with Crippen molar-refractivity contribution in [2.45, 2.75) is 0 Å². The van der Waals surface area contributed by atoms with E-state index in [2.05, 4.69) is 77.1 Å². The van der Waals surface area contributed by atoms with E-state index in [1.54, 1.807) is 14.2 Å². The van der Waals surface area contributed by atoms with Crippen molar-refractivity contribution in [3.05, 3.63) is 85.2 Å². The highest BCUT2D eigenvalue weighted by atomic mass is 35.5. The zero-order valence-corrected chi connectivity index (χ0v) is 30.6. The number of halogens is 2. The summed E-state index contributed by atoms with van der Waals surface area (Å²) >= 11 is 0. The molecule has 6 aromatic carbocycles. The zero-order chi connectivity index (χ0) is 34.4. The summed E-state index contributed by atoms with van der Waals surface area (Å²) in [7, 11) is 7.43. The minimum atomic E-state index is 0. The highest BCUT2D eigenvalue weighted by Gasteiger charge is 2.25. The maximum Gasteiger partial charge on any atom is 0.231 e. The molecule has 3 aliphatic rings. The Balaban J connectivity index is 0.000000146. The molecule has 0 unspecified atom stereocenters. The molecule has 0 atom stereocenters.